The molecule has 0 bridgehead atoms. The summed E-state index contributed by atoms with van der Waals surface area (Å²) in [6.07, 6.45) is 28.1. The van der Waals surface area contributed by atoms with Crippen LogP contribution < -0.4 is 10.2 Å². The van der Waals surface area contributed by atoms with E-state index in [0.717, 1.165) is 25.7 Å². The molecule has 0 aromatic heterocycles. The third kappa shape index (κ3) is 42.8. The largest absolute Gasteiger partial charge is 2.00 e. The Balaban J connectivity index is -0.000000529. The second-order valence-corrected chi connectivity index (χ2v) is 9.32. The molecule has 0 aliphatic carbocycles. The molecule has 0 spiro atoms. The van der Waals surface area contributed by atoms with Gasteiger partial charge in [0, 0.05) is 11.9 Å². The minimum Gasteiger partial charge on any atom is -0.550 e. The first kappa shape index (κ1) is 37.7. The van der Waals surface area contributed by atoms with E-state index in [9.17, 15) is 19.8 Å². The molecule has 5 heteroatoms. The molecule has 0 heterocycles. The van der Waals surface area contributed by atoms with Gasteiger partial charge in [0.2, 0.25) is 0 Å². The van der Waals surface area contributed by atoms with E-state index in [4.69, 9.17) is 0 Å². The van der Waals surface area contributed by atoms with Crippen molar-refractivity contribution in [3.05, 3.63) is 0 Å². The zero-order valence-corrected chi connectivity index (χ0v) is 24.5. The van der Waals surface area contributed by atoms with E-state index in [-0.39, 0.29) is 50.6 Å². The van der Waals surface area contributed by atoms with Gasteiger partial charge < -0.3 is 19.8 Å². The maximum Gasteiger partial charge on any atom is 2.00 e. The summed E-state index contributed by atoms with van der Waals surface area (Å²) in [5, 5.41) is 20.3. The summed E-state index contributed by atoms with van der Waals surface area (Å²) in [5.74, 6) is -1.81. The summed E-state index contributed by atoms with van der Waals surface area (Å²) in [6, 6.07) is 0. The molecule has 0 aromatic carbocycles. The Labute approximate surface area is 236 Å². The molecule has 0 fully saturated rings. The van der Waals surface area contributed by atoms with Crippen molar-refractivity contribution in [1.29, 1.82) is 0 Å². The third-order valence-electron chi connectivity index (χ3n) is 5.97. The number of carbonyl (C=O) groups excluding carboxylic acids is 2. The Bertz CT molecular complexity index is 352. The first-order chi connectivity index (χ1) is 15.5. The van der Waals surface area contributed by atoms with Crippen LogP contribution in [-0.2, 0) is 9.59 Å². The summed E-state index contributed by atoms with van der Waals surface area (Å²) < 4.78 is 0. The monoisotopic (exact) mass is 494 g/mol. The van der Waals surface area contributed by atoms with E-state index in [1.165, 1.54) is 116 Å². The number of hydrogen-bond donors (Lipinski definition) is 0. The molecule has 0 saturated carbocycles. The smallest absolute Gasteiger partial charge is 0.550 e. The normalized spacial score (nSPS) is 10.2. The first-order valence-corrected chi connectivity index (χ1v) is 13.9. The molecule has 0 aromatic rings. The van der Waals surface area contributed by atoms with Crippen molar-refractivity contribution in [1.82, 2.24) is 0 Å². The summed E-state index contributed by atoms with van der Waals surface area (Å²) in [6.45, 7) is 4.49. The summed E-state index contributed by atoms with van der Waals surface area (Å²) in [7, 11) is 0. The number of carbonyl (C=O) groups is 2. The van der Waals surface area contributed by atoms with E-state index >= 15 is 0 Å². The molecule has 0 radical (unpaired) electrons. The summed E-state index contributed by atoms with van der Waals surface area (Å²) in [4.78, 5) is 20.3. The number of carboxylic acids is 2. The number of hydrogen-bond acceptors (Lipinski definition) is 4. The molecule has 0 unspecified atom stereocenters. The van der Waals surface area contributed by atoms with Crippen LogP contribution in [0.1, 0.15) is 168 Å². The quantitative estimate of drug-likeness (QED) is 0.113. The summed E-state index contributed by atoms with van der Waals surface area (Å²) >= 11 is 0. The van der Waals surface area contributed by atoms with Gasteiger partial charge in [0.25, 0.3) is 0 Å². The molecule has 0 aliphatic rings. The maximum atomic E-state index is 10.1. The molecule has 192 valence electrons. The maximum absolute atomic E-state index is 10.1. The predicted octanol–water partition coefficient (Wildman–Crippen LogP) is 6.49. The average molecular weight is 495 g/mol. The van der Waals surface area contributed by atoms with Gasteiger partial charge >= 0.3 is 37.7 Å². The van der Waals surface area contributed by atoms with E-state index < -0.39 is 11.9 Å². The van der Waals surface area contributed by atoms with Crippen molar-refractivity contribution in [3.63, 3.8) is 0 Å². The first-order valence-electron chi connectivity index (χ1n) is 13.9. The molecule has 0 saturated heterocycles. The minimum absolute atomic E-state index is 0. The van der Waals surface area contributed by atoms with Crippen LogP contribution in [0.2, 0.25) is 0 Å². The van der Waals surface area contributed by atoms with Gasteiger partial charge in [-0.2, -0.15) is 0 Å². The van der Waals surface area contributed by atoms with Gasteiger partial charge in [0.1, 0.15) is 0 Å². The minimum atomic E-state index is -0.907. The van der Waals surface area contributed by atoms with Crippen LogP contribution >= 0.6 is 0 Å². The van der Waals surface area contributed by atoms with Crippen LogP contribution in [0.3, 0.4) is 0 Å². The Morgan fingerprint density at radius 2 is 0.576 bits per heavy atom. The van der Waals surface area contributed by atoms with Crippen LogP contribution in [0.5, 0.6) is 0 Å². The second kappa shape index (κ2) is 34.4. The number of unbranched alkanes of at least 4 members (excludes halogenated alkanes) is 20. The van der Waals surface area contributed by atoms with Gasteiger partial charge in [-0.3, -0.25) is 0 Å². The van der Waals surface area contributed by atoms with Gasteiger partial charge in [-0.1, -0.05) is 142 Å². The van der Waals surface area contributed by atoms with Gasteiger partial charge in [0.15, 0.2) is 0 Å². The molecule has 0 atom stereocenters. The van der Waals surface area contributed by atoms with Crippen LogP contribution in [0.15, 0.2) is 0 Å². The van der Waals surface area contributed by atoms with Crippen LogP contribution in [-0.4, -0.2) is 49.7 Å². The fraction of sp³-hybridized carbons (Fsp3) is 0.929. The van der Waals surface area contributed by atoms with Crippen molar-refractivity contribution >= 4 is 49.7 Å². The van der Waals surface area contributed by atoms with Crippen LogP contribution in [0.4, 0.5) is 0 Å². The van der Waals surface area contributed by atoms with E-state index in [2.05, 4.69) is 13.8 Å². The van der Waals surface area contributed by atoms with E-state index in [1.807, 2.05) is 0 Å². The number of rotatable bonds is 24. The van der Waals surface area contributed by atoms with Gasteiger partial charge in [-0.05, 0) is 25.7 Å². The Hall–Kier alpha value is 0.200. The van der Waals surface area contributed by atoms with Gasteiger partial charge in [0.05, 0.1) is 0 Å². The Kier molecular flexibility index (Phi) is 39.3. The second-order valence-electron chi connectivity index (χ2n) is 9.32. The molecule has 0 N–H and O–H groups in total. The van der Waals surface area contributed by atoms with Gasteiger partial charge in [-0.15, -0.1) is 0 Å². The van der Waals surface area contributed by atoms with Crippen LogP contribution in [0, 0.1) is 0 Å². The average Bonchev–Trinajstić information content (AvgIpc) is 2.76. The fourth-order valence-electron chi connectivity index (χ4n) is 3.87. The molecule has 0 rings (SSSR count). The standard InChI is InChI=1S/2C14H28O2.Ca/c2*1-2-3-4-5-6-7-8-9-10-11-12-13-14(15)16;/h2*2-13H2,1H3,(H,15,16);/q;;+2/p-2. The van der Waals surface area contributed by atoms with Crippen molar-refractivity contribution in [2.75, 3.05) is 0 Å². The molecule has 0 amide bonds. The van der Waals surface area contributed by atoms with Crippen molar-refractivity contribution in [3.8, 4) is 0 Å². The Morgan fingerprint density at radius 3 is 0.758 bits per heavy atom. The zero-order chi connectivity index (χ0) is 24.1. The predicted molar refractivity (Wildman–Crippen MR) is 138 cm³/mol. The molecular weight excluding hydrogens is 440 g/mol. The van der Waals surface area contributed by atoms with Gasteiger partial charge in [-0.25, -0.2) is 0 Å². The third-order valence-corrected chi connectivity index (χ3v) is 5.97. The van der Waals surface area contributed by atoms with Crippen molar-refractivity contribution in [2.45, 2.75) is 168 Å². The zero-order valence-electron chi connectivity index (χ0n) is 22.3. The molecular formula is C28H54CaO4. The van der Waals surface area contributed by atoms with E-state index in [1.54, 1.807) is 0 Å². The fourth-order valence-corrected chi connectivity index (χ4v) is 3.87. The molecule has 0 aliphatic heterocycles. The summed E-state index contributed by atoms with van der Waals surface area (Å²) in [5.41, 5.74) is 0. The number of aliphatic carboxylic acids is 2. The van der Waals surface area contributed by atoms with Crippen molar-refractivity contribution in [2.24, 2.45) is 0 Å². The Morgan fingerprint density at radius 1 is 0.394 bits per heavy atom. The molecule has 33 heavy (non-hydrogen) atoms. The number of carboxylic acid groups (broad SMARTS) is 2. The molecule has 4 nitrogen and oxygen atoms in total. The van der Waals surface area contributed by atoms with Crippen LogP contribution in [0.25, 0.3) is 0 Å². The topological polar surface area (TPSA) is 80.3 Å². The van der Waals surface area contributed by atoms with E-state index in [0.29, 0.717) is 0 Å². The van der Waals surface area contributed by atoms with Crippen molar-refractivity contribution < 1.29 is 19.8 Å². The SMILES string of the molecule is CCCCCCCCCCCCCC(=O)[O-].CCCCCCCCCCCCCC(=O)[O-].[Ca+2].